The molecule has 2 aromatic heterocycles. The van der Waals surface area contributed by atoms with Gasteiger partial charge in [-0.25, -0.2) is 19.2 Å². The van der Waals surface area contributed by atoms with E-state index in [1.165, 1.54) is 17.8 Å². The van der Waals surface area contributed by atoms with E-state index in [4.69, 9.17) is 33.7 Å². The molecule has 0 bridgehead atoms. The average Bonchev–Trinajstić information content (AvgIpc) is 3.67. The largest absolute Gasteiger partial charge is 0.464 e. The second-order valence-corrected chi connectivity index (χ2v) is 15.6. The van der Waals surface area contributed by atoms with Crippen LogP contribution in [0.15, 0.2) is 48.8 Å². The molecule has 0 saturated carbocycles. The molecule has 0 radical (unpaired) electrons. The summed E-state index contributed by atoms with van der Waals surface area (Å²) >= 11 is 0. The molecule has 16 heteroatoms. The molecular formula is C36H52N5O10P. The zero-order chi connectivity index (χ0) is 38.2. The fraction of sp³-hybridized carbons (Fsp3) is 0.583. The summed E-state index contributed by atoms with van der Waals surface area (Å²) in [5.41, 5.74) is 6.12. The van der Waals surface area contributed by atoms with Gasteiger partial charge in [0.05, 0.1) is 37.4 Å². The first-order valence-electron chi connectivity index (χ1n) is 17.7. The third kappa shape index (κ3) is 9.95. The van der Waals surface area contributed by atoms with Crippen molar-refractivity contribution in [1.29, 1.82) is 0 Å². The number of aromatic nitrogens is 3. The van der Waals surface area contributed by atoms with E-state index in [1.807, 2.05) is 19.9 Å². The van der Waals surface area contributed by atoms with Gasteiger partial charge in [-0.3, -0.25) is 23.4 Å². The summed E-state index contributed by atoms with van der Waals surface area (Å²) in [7, 11) is -4.34. The fourth-order valence-electron chi connectivity index (χ4n) is 5.51. The van der Waals surface area contributed by atoms with Gasteiger partial charge in [-0.1, -0.05) is 84.7 Å². The second-order valence-electron chi connectivity index (χ2n) is 13.8. The van der Waals surface area contributed by atoms with Crippen LogP contribution in [-0.2, 0) is 53.6 Å². The van der Waals surface area contributed by atoms with Crippen molar-refractivity contribution in [3.63, 3.8) is 0 Å². The van der Waals surface area contributed by atoms with E-state index in [0.29, 0.717) is 16.8 Å². The number of nitrogen functional groups attached to an aromatic ring is 1. The number of benzene rings is 1. The van der Waals surface area contributed by atoms with Crippen LogP contribution in [0.5, 0.6) is 0 Å². The fourth-order valence-corrected chi connectivity index (χ4v) is 7.06. The summed E-state index contributed by atoms with van der Waals surface area (Å²) in [5.74, 6) is -2.48. The van der Waals surface area contributed by atoms with Crippen molar-refractivity contribution in [2.75, 3.05) is 18.9 Å². The minimum absolute atomic E-state index is 0.127. The highest BCUT2D eigenvalue weighted by atomic mass is 31.2. The second kappa shape index (κ2) is 17.8. The van der Waals surface area contributed by atoms with Gasteiger partial charge in [0, 0.05) is 0 Å². The van der Waals surface area contributed by atoms with Crippen molar-refractivity contribution < 1.29 is 46.9 Å². The number of nitrogens with zero attached hydrogens (tertiary/aromatic N) is 3. The van der Waals surface area contributed by atoms with Crippen molar-refractivity contribution in [1.82, 2.24) is 19.7 Å². The summed E-state index contributed by atoms with van der Waals surface area (Å²) in [4.78, 5) is 43.4. The summed E-state index contributed by atoms with van der Waals surface area (Å²) in [6.07, 6.45) is -0.571. The van der Waals surface area contributed by atoms with E-state index >= 15 is 0 Å². The van der Waals surface area contributed by atoms with Crippen LogP contribution in [-0.4, -0.2) is 69.6 Å². The number of ether oxygens (including phenoxy) is 4. The van der Waals surface area contributed by atoms with Crippen LogP contribution in [0.25, 0.3) is 5.52 Å². The number of carbonyl (C=O) groups is 3. The van der Waals surface area contributed by atoms with Gasteiger partial charge in [0.1, 0.15) is 29.6 Å². The first-order chi connectivity index (χ1) is 24.6. The third-order valence-electron chi connectivity index (χ3n) is 8.92. The van der Waals surface area contributed by atoms with Gasteiger partial charge < -0.3 is 24.7 Å². The van der Waals surface area contributed by atoms with Crippen LogP contribution in [0.4, 0.5) is 5.82 Å². The lowest BCUT2D eigenvalue weighted by Crippen LogP contribution is -2.49. The molecule has 3 heterocycles. The van der Waals surface area contributed by atoms with Crippen LogP contribution in [0.2, 0.25) is 0 Å². The lowest BCUT2D eigenvalue weighted by atomic mass is 9.95. The minimum Gasteiger partial charge on any atom is -0.464 e. The standard InChI is InChI=1S/C36H52N5O10P/c1-9-25(10-2)18-46-35(44)24(7)40-52(45,47-19-26-14-12-11-13-15-26)48-20-36(8)31(50-34(43)23(5)6)30(49-33(42)22(3)4)29(51-36)27-16-17-28-32(37)38-21-39-41(27)28/h11-17,21-25,29-31H,9-10,18-20H2,1-8H3,(H,40,45)(H2,37,38,39)/t24-,29-,30-,31-,36+,52?/m0/s1. The highest BCUT2D eigenvalue weighted by molar-refractivity contribution is 7.51. The van der Waals surface area contributed by atoms with Gasteiger partial charge in [-0.15, -0.1) is 0 Å². The highest BCUT2D eigenvalue weighted by Crippen LogP contribution is 2.50. The Hall–Kier alpha value is -3.88. The van der Waals surface area contributed by atoms with Crippen molar-refractivity contribution in [2.45, 2.75) is 105 Å². The highest BCUT2D eigenvalue weighted by Gasteiger charge is 2.59. The molecule has 1 saturated heterocycles. The first kappa shape index (κ1) is 40.9. The van der Waals surface area contributed by atoms with Crippen molar-refractivity contribution in [3.8, 4) is 0 Å². The maximum Gasteiger partial charge on any atom is 0.406 e. The quantitative estimate of drug-likeness (QED) is 0.0932. The van der Waals surface area contributed by atoms with Gasteiger partial charge in [0.15, 0.2) is 18.0 Å². The molecule has 52 heavy (non-hydrogen) atoms. The molecule has 3 aromatic rings. The van der Waals surface area contributed by atoms with E-state index in [0.717, 1.165) is 12.8 Å². The van der Waals surface area contributed by atoms with Gasteiger partial charge in [0.2, 0.25) is 0 Å². The average molecular weight is 746 g/mol. The van der Waals surface area contributed by atoms with Crippen LogP contribution in [0.1, 0.15) is 85.6 Å². The van der Waals surface area contributed by atoms with Gasteiger partial charge in [0.25, 0.3) is 0 Å². The molecule has 1 aliphatic heterocycles. The number of carbonyl (C=O) groups excluding carboxylic acids is 3. The van der Waals surface area contributed by atoms with Gasteiger partial charge >= 0.3 is 25.7 Å². The first-order valence-corrected chi connectivity index (χ1v) is 19.2. The minimum atomic E-state index is -4.34. The van der Waals surface area contributed by atoms with Crippen LogP contribution >= 0.6 is 7.75 Å². The topological polar surface area (TPSA) is 192 Å². The Morgan fingerprint density at radius 3 is 2.25 bits per heavy atom. The molecule has 6 atom stereocenters. The van der Waals surface area contributed by atoms with E-state index in [2.05, 4.69) is 15.2 Å². The molecule has 1 unspecified atom stereocenters. The number of esters is 3. The van der Waals surface area contributed by atoms with E-state index < -0.39 is 74.1 Å². The predicted octanol–water partition coefficient (Wildman–Crippen LogP) is 5.58. The molecule has 1 aliphatic rings. The summed E-state index contributed by atoms with van der Waals surface area (Å²) < 4.78 is 52.2. The van der Waals surface area contributed by atoms with Crippen LogP contribution in [0, 0.1) is 17.8 Å². The van der Waals surface area contributed by atoms with E-state index in [9.17, 15) is 18.9 Å². The Balaban J connectivity index is 1.70. The van der Waals surface area contributed by atoms with E-state index in [-0.39, 0.29) is 24.9 Å². The number of fused-ring (bicyclic) bond motifs is 1. The van der Waals surface area contributed by atoms with Crippen LogP contribution in [0.3, 0.4) is 0 Å². The maximum absolute atomic E-state index is 14.5. The number of hydrogen-bond acceptors (Lipinski definition) is 13. The van der Waals surface area contributed by atoms with Crippen LogP contribution < -0.4 is 10.8 Å². The number of rotatable bonds is 18. The molecule has 1 fully saturated rings. The molecule has 15 nitrogen and oxygen atoms in total. The molecule has 4 rings (SSSR count). The van der Waals surface area contributed by atoms with Crippen molar-refractivity contribution >= 4 is 37.0 Å². The Labute approximate surface area is 304 Å². The molecule has 0 amide bonds. The van der Waals surface area contributed by atoms with E-state index in [1.54, 1.807) is 71.0 Å². The number of hydrogen-bond donors (Lipinski definition) is 2. The Morgan fingerprint density at radius 2 is 1.62 bits per heavy atom. The Morgan fingerprint density at radius 1 is 0.962 bits per heavy atom. The maximum atomic E-state index is 14.5. The molecular weight excluding hydrogens is 693 g/mol. The van der Waals surface area contributed by atoms with Crippen molar-refractivity contribution in [3.05, 3.63) is 60.0 Å². The molecule has 0 aliphatic carbocycles. The Bertz CT molecular complexity index is 1720. The van der Waals surface area contributed by atoms with Crippen molar-refractivity contribution in [2.24, 2.45) is 17.8 Å². The smallest absolute Gasteiger partial charge is 0.406 e. The summed E-state index contributed by atoms with van der Waals surface area (Å²) in [5, 5.41) is 7.05. The predicted molar refractivity (Wildman–Crippen MR) is 191 cm³/mol. The zero-order valence-electron chi connectivity index (χ0n) is 31.1. The molecule has 0 spiro atoms. The normalized spacial score (nSPS) is 22.1. The lowest BCUT2D eigenvalue weighted by Gasteiger charge is -2.33. The third-order valence-corrected chi connectivity index (χ3v) is 10.6. The number of nitrogens with two attached hydrogens (primary N) is 1. The summed E-state index contributed by atoms with van der Waals surface area (Å²) in [6, 6.07) is 11.3. The molecule has 1 aromatic carbocycles. The SMILES string of the molecule is CCC(CC)COC(=O)[C@H](C)NP(=O)(OCc1ccccc1)OC[C@@]1(C)O[C@@H](c2ccc3c(N)ncnn23)[C@H](OC(=O)C(C)C)[C@@H]1OC(=O)C(C)C. The Kier molecular flexibility index (Phi) is 14.0. The number of anilines is 1. The molecule has 286 valence electrons. The number of nitrogens with one attached hydrogen (secondary N) is 1. The monoisotopic (exact) mass is 745 g/mol. The van der Waals surface area contributed by atoms with Gasteiger partial charge in [-0.05, 0) is 37.5 Å². The summed E-state index contributed by atoms with van der Waals surface area (Å²) in [6.45, 7) is 13.4. The molecule has 3 N–H and O–H groups in total. The zero-order valence-corrected chi connectivity index (χ0v) is 32.0. The van der Waals surface area contributed by atoms with Gasteiger partial charge in [-0.2, -0.15) is 5.10 Å². The lowest BCUT2D eigenvalue weighted by molar-refractivity contribution is -0.176.